The molecule has 0 amide bonds. The van der Waals surface area contributed by atoms with Crippen LogP contribution in [0.5, 0.6) is 5.75 Å². The van der Waals surface area contributed by atoms with E-state index in [1.165, 1.54) is 0 Å². The van der Waals surface area contributed by atoms with Crippen LogP contribution in [0.25, 0.3) is 5.69 Å². The van der Waals surface area contributed by atoms with Gasteiger partial charge in [0.15, 0.2) is 5.11 Å². The zero-order valence-corrected chi connectivity index (χ0v) is 19.2. The molecule has 0 unspecified atom stereocenters. The maximum absolute atomic E-state index is 9.69. The fourth-order valence-electron chi connectivity index (χ4n) is 4.39. The number of hydrogen-bond donors (Lipinski definition) is 2. The van der Waals surface area contributed by atoms with Crippen LogP contribution in [0.4, 0.5) is 0 Å². The molecular weight excluding hydrogens is 432 g/mol. The molecule has 2 atom stereocenters. The quantitative estimate of drug-likeness (QED) is 0.544. The van der Waals surface area contributed by atoms with Gasteiger partial charge in [0.2, 0.25) is 0 Å². The highest BCUT2D eigenvalue weighted by Crippen LogP contribution is 2.42. The van der Waals surface area contributed by atoms with Crippen molar-refractivity contribution in [1.82, 2.24) is 19.8 Å². The average molecular weight is 457 g/mol. The highest BCUT2D eigenvalue weighted by Gasteiger charge is 2.41. The number of nitrogens with one attached hydrogen (secondary N) is 1. The predicted molar refractivity (Wildman–Crippen MR) is 126 cm³/mol. The summed E-state index contributed by atoms with van der Waals surface area (Å²) >= 11 is 11.9. The molecular formula is C23H25ClN4O2S. The van der Waals surface area contributed by atoms with Crippen molar-refractivity contribution in [2.75, 3.05) is 20.3 Å². The SMILES string of the molecule is COc1ccc(Cl)cc1-n1c(C)cc([C@H]2[C@H](c3ccccn3)NC(=S)N2CCO)c1C. The van der Waals surface area contributed by atoms with Gasteiger partial charge in [-0.05, 0) is 68.0 Å². The van der Waals surface area contributed by atoms with Crippen LogP contribution in [0.1, 0.15) is 34.7 Å². The Morgan fingerprint density at radius 2 is 2.03 bits per heavy atom. The molecule has 4 rings (SSSR count). The van der Waals surface area contributed by atoms with Crippen molar-refractivity contribution in [3.05, 3.63) is 76.3 Å². The van der Waals surface area contributed by atoms with E-state index < -0.39 is 0 Å². The number of aliphatic hydroxyl groups excluding tert-OH is 1. The normalized spacial score (nSPS) is 18.4. The van der Waals surface area contributed by atoms with Gasteiger partial charge in [0.25, 0.3) is 0 Å². The number of aromatic nitrogens is 2. The number of nitrogens with zero attached hydrogens (tertiary/aromatic N) is 3. The highest BCUT2D eigenvalue weighted by molar-refractivity contribution is 7.80. The average Bonchev–Trinajstić information content (AvgIpc) is 3.24. The van der Waals surface area contributed by atoms with Crippen LogP contribution in [-0.2, 0) is 0 Å². The smallest absolute Gasteiger partial charge is 0.170 e. The first-order valence-corrected chi connectivity index (χ1v) is 10.9. The fourth-order valence-corrected chi connectivity index (χ4v) is 4.89. The molecule has 6 nitrogen and oxygen atoms in total. The summed E-state index contributed by atoms with van der Waals surface area (Å²) in [4.78, 5) is 6.60. The Hall–Kier alpha value is -2.61. The summed E-state index contributed by atoms with van der Waals surface area (Å²) in [7, 11) is 1.65. The molecule has 1 fully saturated rings. The molecule has 3 heterocycles. The molecule has 1 saturated heterocycles. The third kappa shape index (κ3) is 3.89. The molecule has 2 aromatic heterocycles. The van der Waals surface area contributed by atoms with E-state index in [1.54, 1.807) is 13.3 Å². The second kappa shape index (κ2) is 8.86. The van der Waals surface area contributed by atoms with Crippen molar-refractivity contribution in [1.29, 1.82) is 0 Å². The molecule has 162 valence electrons. The number of ether oxygens (including phenoxy) is 1. The molecule has 0 spiro atoms. The Morgan fingerprint density at radius 3 is 2.71 bits per heavy atom. The number of methoxy groups -OCH3 is 1. The summed E-state index contributed by atoms with van der Waals surface area (Å²) in [6.07, 6.45) is 1.78. The van der Waals surface area contributed by atoms with Gasteiger partial charge in [-0.3, -0.25) is 4.98 Å². The van der Waals surface area contributed by atoms with Gasteiger partial charge in [0, 0.05) is 29.2 Å². The summed E-state index contributed by atoms with van der Waals surface area (Å²) in [5.41, 5.74) is 5.00. The monoisotopic (exact) mass is 456 g/mol. The van der Waals surface area contributed by atoms with E-state index in [9.17, 15) is 5.11 Å². The summed E-state index contributed by atoms with van der Waals surface area (Å²) < 4.78 is 7.75. The molecule has 2 N–H and O–H groups in total. The lowest BCUT2D eigenvalue weighted by atomic mass is 9.97. The Kier molecular flexibility index (Phi) is 6.18. The highest BCUT2D eigenvalue weighted by atomic mass is 35.5. The van der Waals surface area contributed by atoms with Crippen molar-refractivity contribution < 1.29 is 9.84 Å². The van der Waals surface area contributed by atoms with Crippen molar-refractivity contribution >= 4 is 28.9 Å². The zero-order valence-electron chi connectivity index (χ0n) is 17.7. The van der Waals surface area contributed by atoms with Crippen LogP contribution in [0.2, 0.25) is 5.02 Å². The van der Waals surface area contributed by atoms with E-state index in [2.05, 4.69) is 34.8 Å². The third-order valence-corrected chi connectivity index (χ3v) is 6.30. The Balaban J connectivity index is 1.87. The van der Waals surface area contributed by atoms with Crippen LogP contribution in [0, 0.1) is 13.8 Å². The summed E-state index contributed by atoms with van der Waals surface area (Å²) in [5, 5.41) is 14.4. The van der Waals surface area contributed by atoms with Crippen LogP contribution >= 0.6 is 23.8 Å². The predicted octanol–water partition coefficient (Wildman–Crippen LogP) is 4.12. The molecule has 1 aliphatic rings. The van der Waals surface area contributed by atoms with Crippen LogP contribution in [0.15, 0.2) is 48.7 Å². The zero-order chi connectivity index (χ0) is 22.1. The maximum atomic E-state index is 9.69. The number of thiocarbonyl (C=S) groups is 1. The van der Waals surface area contributed by atoms with E-state index in [4.69, 9.17) is 28.6 Å². The van der Waals surface area contributed by atoms with Gasteiger partial charge in [-0.25, -0.2) is 0 Å². The Bertz CT molecular complexity index is 1100. The molecule has 1 aliphatic heterocycles. The lowest BCUT2D eigenvalue weighted by molar-refractivity contribution is 0.223. The standard InChI is InChI=1S/C23H25ClN4O2S/c1-14-12-17(15(2)28(14)19-13-16(24)7-8-20(19)30-3)22-21(18-6-4-5-9-25-18)26-23(31)27(22)10-11-29/h4-9,12-13,21-22,29H,10-11H2,1-3H3,(H,26,31)/t21-,22-/m0/s1. The Labute approximate surface area is 192 Å². The van der Waals surface area contributed by atoms with Gasteiger partial charge >= 0.3 is 0 Å². The molecule has 0 bridgehead atoms. The first-order chi connectivity index (χ1) is 15.0. The minimum absolute atomic E-state index is 0.00805. The molecule has 3 aromatic rings. The summed E-state index contributed by atoms with van der Waals surface area (Å²) in [5.74, 6) is 0.742. The number of aliphatic hydroxyl groups is 1. The third-order valence-electron chi connectivity index (χ3n) is 5.71. The van der Waals surface area contributed by atoms with Gasteiger partial charge in [0.05, 0.1) is 37.2 Å². The van der Waals surface area contributed by atoms with E-state index in [-0.39, 0.29) is 18.7 Å². The first kappa shape index (κ1) is 21.6. The van der Waals surface area contributed by atoms with Crippen LogP contribution in [-0.4, -0.2) is 44.9 Å². The second-order valence-corrected chi connectivity index (χ2v) is 8.34. The lowest BCUT2D eigenvalue weighted by Crippen LogP contribution is -2.32. The van der Waals surface area contributed by atoms with Gasteiger partial charge in [-0.2, -0.15) is 0 Å². The number of hydrogen-bond acceptors (Lipinski definition) is 4. The number of β-amino-alcohol motifs (C(OH)–C–C–N with tert-alkyl or cyclic N) is 1. The summed E-state index contributed by atoms with van der Waals surface area (Å²) in [6.45, 7) is 4.58. The van der Waals surface area contributed by atoms with Crippen molar-refractivity contribution in [3.8, 4) is 11.4 Å². The molecule has 0 aliphatic carbocycles. The van der Waals surface area contributed by atoms with E-state index in [0.29, 0.717) is 16.7 Å². The molecule has 0 saturated carbocycles. The van der Waals surface area contributed by atoms with Crippen molar-refractivity contribution in [2.24, 2.45) is 0 Å². The van der Waals surface area contributed by atoms with Crippen LogP contribution < -0.4 is 10.1 Å². The van der Waals surface area contributed by atoms with Crippen LogP contribution in [0.3, 0.4) is 0 Å². The number of benzene rings is 1. The number of rotatable bonds is 6. The minimum Gasteiger partial charge on any atom is -0.495 e. The largest absolute Gasteiger partial charge is 0.495 e. The number of halogens is 1. The first-order valence-electron chi connectivity index (χ1n) is 10.1. The topological polar surface area (TPSA) is 62.5 Å². The maximum Gasteiger partial charge on any atom is 0.170 e. The molecule has 8 heteroatoms. The Morgan fingerprint density at radius 1 is 1.23 bits per heavy atom. The van der Waals surface area contributed by atoms with Gasteiger partial charge in [-0.15, -0.1) is 0 Å². The molecule has 0 radical (unpaired) electrons. The lowest BCUT2D eigenvalue weighted by Gasteiger charge is -2.27. The van der Waals surface area contributed by atoms with E-state index in [0.717, 1.165) is 34.1 Å². The molecule has 31 heavy (non-hydrogen) atoms. The minimum atomic E-state index is -0.129. The van der Waals surface area contributed by atoms with Gasteiger partial charge < -0.3 is 24.6 Å². The van der Waals surface area contributed by atoms with Gasteiger partial charge in [0.1, 0.15) is 5.75 Å². The molecule has 1 aromatic carbocycles. The van der Waals surface area contributed by atoms with E-state index in [1.807, 2.05) is 41.3 Å². The van der Waals surface area contributed by atoms with Gasteiger partial charge in [-0.1, -0.05) is 17.7 Å². The van der Waals surface area contributed by atoms with E-state index >= 15 is 0 Å². The fraction of sp³-hybridized carbons (Fsp3) is 0.304. The number of pyridine rings is 1. The second-order valence-electron chi connectivity index (χ2n) is 7.52. The number of aryl methyl sites for hydroxylation is 1. The summed E-state index contributed by atoms with van der Waals surface area (Å²) in [6, 6.07) is 13.4. The van der Waals surface area contributed by atoms with Crippen molar-refractivity contribution in [2.45, 2.75) is 25.9 Å². The van der Waals surface area contributed by atoms with Crippen molar-refractivity contribution in [3.63, 3.8) is 0 Å².